The van der Waals surface area contributed by atoms with Crippen molar-refractivity contribution in [3.63, 3.8) is 0 Å². The SMILES string of the molecule is COc1ccc(OC)c(CC(=O)Nc2ccc(N3CCC(C)CC3)cc2)c1. The van der Waals surface area contributed by atoms with Gasteiger partial charge in [-0.25, -0.2) is 0 Å². The van der Waals surface area contributed by atoms with Crippen LogP contribution >= 0.6 is 0 Å². The fraction of sp³-hybridized carbons (Fsp3) is 0.409. The molecule has 1 aliphatic heterocycles. The average Bonchev–Trinajstić information content (AvgIpc) is 2.69. The third-order valence-electron chi connectivity index (χ3n) is 5.14. The zero-order valence-electron chi connectivity index (χ0n) is 16.3. The molecule has 5 heteroatoms. The molecule has 5 nitrogen and oxygen atoms in total. The van der Waals surface area contributed by atoms with Gasteiger partial charge in [0.2, 0.25) is 5.91 Å². The number of amides is 1. The molecular formula is C22H28N2O3. The lowest BCUT2D eigenvalue weighted by Gasteiger charge is -2.32. The number of hydrogen-bond donors (Lipinski definition) is 1. The Hall–Kier alpha value is -2.69. The lowest BCUT2D eigenvalue weighted by atomic mass is 9.99. The Balaban J connectivity index is 1.61. The molecule has 1 fully saturated rings. The van der Waals surface area contributed by atoms with Gasteiger partial charge in [-0.2, -0.15) is 0 Å². The van der Waals surface area contributed by atoms with E-state index in [2.05, 4.69) is 29.3 Å². The second-order valence-corrected chi connectivity index (χ2v) is 7.12. The third-order valence-corrected chi connectivity index (χ3v) is 5.14. The Bertz CT molecular complexity index is 766. The molecule has 3 rings (SSSR count). The van der Waals surface area contributed by atoms with E-state index in [0.717, 1.165) is 30.3 Å². The lowest BCUT2D eigenvalue weighted by Crippen LogP contribution is -2.32. The van der Waals surface area contributed by atoms with Gasteiger partial charge in [0, 0.05) is 30.0 Å². The number of rotatable bonds is 6. The molecule has 0 spiro atoms. The minimum Gasteiger partial charge on any atom is -0.497 e. The van der Waals surface area contributed by atoms with Gasteiger partial charge < -0.3 is 19.7 Å². The van der Waals surface area contributed by atoms with Crippen molar-refractivity contribution in [3.8, 4) is 11.5 Å². The van der Waals surface area contributed by atoms with Gasteiger partial charge >= 0.3 is 0 Å². The molecule has 27 heavy (non-hydrogen) atoms. The summed E-state index contributed by atoms with van der Waals surface area (Å²) in [4.78, 5) is 14.9. The molecule has 0 aromatic heterocycles. The van der Waals surface area contributed by atoms with E-state index in [1.165, 1.54) is 18.5 Å². The van der Waals surface area contributed by atoms with Crippen molar-refractivity contribution >= 4 is 17.3 Å². The largest absolute Gasteiger partial charge is 0.497 e. The van der Waals surface area contributed by atoms with Crippen LogP contribution in [-0.4, -0.2) is 33.2 Å². The molecule has 0 radical (unpaired) electrons. The molecule has 0 aliphatic carbocycles. The standard InChI is InChI=1S/C22H28N2O3/c1-16-10-12-24(13-11-16)19-6-4-18(5-7-19)23-22(25)15-17-14-20(26-2)8-9-21(17)27-3/h4-9,14,16H,10-13,15H2,1-3H3,(H,23,25). The molecule has 2 aromatic carbocycles. The molecule has 1 aliphatic rings. The Labute approximate surface area is 161 Å². The van der Waals surface area contributed by atoms with Crippen molar-refractivity contribution < 1.29 is 14.3 Å². The van der Waals surface area contributed by atoms with E-state index in [0.29, 0.717) is 11.5 Å². The number of piperidine rings is 1. The van der Waals surface area contributed by atoms with Crippen molar-refractivity contribution in [2.75, 3.05) is 37.5 Å². The smallest absolute Gasteiger partial charge is 0.228 e. The Morgan fingerprint density at radius 2 is 1.78 bits per heavy atom. The maximum absolute atomic E-state index is 12.5. The van der Waals surface area contributed by atoms with E-state index in [4.69, 9.17) is 9.47 Å². The van der Waals surface area contributed by atoms with Crippen LogP contribution in [0.5, 0.6) is 11.5 Å². The van der Waals surface area contributed by atoms with Crippen LogP contribution in [0, 0.1) is 5.92 Å². The predicted octanol–water partition coefficient (Wildman–Crippen LogP) is 4.12. The van der Waals surface area contributed by atoms with Gasteiger partial charge in [0.15, 0.2) is 0 Å². The first kappa shape index (κ1) is 19.1. The van der Waals surface area contributed by atoms with Gasteiger partial charge in [-0.15, -0.1) is 0 Å². The van der Waals surface area contributed by atoms with E-state index < -0.39 is 0 Å². The number of methoxy groups -OCH3 is 2. The average molecular weight is 368 g/mol. The van der Waals surface area contributed by atoms with Crippen LogP contribution < -0.4 is 19.7 Å². The first-order chi connectivity index (χ1) is 13.1. The highest BCUT2D eigenvalue weighted by Crippen LogP contribution is 2.26. The molecule has 2 aromatic rings. The van der Waals surface area contributed by atoms with E-state index in [-0.39, 0.29) is 12.3 Å². The number of nitrogens with one attached hydrogen (secondary N) is 1. The van der Waals surface area contributed by atoms with E-state index in [1.54, 1.807) is 14.2 Å². The van der Waals surface area contributed by atoms with Crippen LogP contribution in [0.15, 0.2) is 42.5 Å². The normalized spacial score (nSPS) is 14.7. The van der Waals surface area contributed by atoms with Crippen molar-refractivity contribution in [1.82, 2.24) is 0 Å². The molecule has 0 unspecified atom stereocenters. The summed E-state index contributed by atoms with van der Waals surface area (Å²) < 4.78 is 10.6. The highest BCUT2D eigenvalue weighted by atomic mass is 16.5. The van der Waals surface area contributed by atoms with Crippen LogP contribution in [0.4, 0.5) is 11.4 Å². The van der Waals surface area contributed by atoms with E-state index in [9.17, 15) is 4.79 Å². The number of nitrogens with zero attached hydrogens (tertiary/aromatic N) is 1. The monoisotopic (exact) mass is 368 g/mol. The zero-order chi connectivity index (χ0) is 19.2. The summed E-state index contributed by atoms with van der Waals surface area (Å²) in [6.07, 6.45) is 2.70. The molecule has 0 saturated carbocycles. The number of benzene rings is 2. The zero-order valence-corrected chi connectivity index (χ0v) is 16.3. The second-order valence-electron chi connectivity index (χ2n) is 7.12. The molecule has 0 atom stereocenters. The quantitative estimate of drug-likeness (QED) is 0.833. The Kier molecular flexibility index (Phi) is 6.22. The summed E-state index contributed by atoms with van der Waals surface area (Å²) >= 11 is 0. The first-order valence-corrected chi connectivity index (χ1v) is 9.45. The maximum Gasteiger partial charge on any atom is 0.228 e. The Morgan fingerprint density at radius 1 is 1.07 bits per heavy atom. The summed E-state index contributed by atoms with van der Waals surface area (Å²) in [5, 5.41) is 2.96. The summed E-state index contributed by atoms with van der Waals surface area (Å²) in [5.41, 5.74) is 2.82. The minimum absolute atomic E-state index is 0.0823. The van der Waals surface area contributed by atoms with Crippen LogP contribution in [0.2, 0.25) is 0 Å². The number of anilines is 2. The van der Waals surface area contributed by atoms with Crippen LogP contribution in [0.3, 0.4) is 0 Å². The van der Waals surface area contributed by atoms with Gasteiger partial charge in [-0.05, 0) is 61.2 Å². The number of carbonyl (C=O) groups excluding carboxylic acids is 1. The second kappa shape index (κ2) is 8.80. The fourth-order valence-electron chi connectivity index (χ4n) is 3.42. The van der Waals surface area contributed by atoms with Gasteiger partial charge in [-0.1, -0.05) is 6.92 Å². The summed E-state index contributed by atoms with van der Waals surface area (Å²) in [7, 11) is 3.21. The maximum atomic E-state index is 12.5. The molecule has 144 valence electrons. The van der Waals surface area contributed by atoms with E-state index >= 15 is 0 Å². The van der Waals surface area contributed by atoms with Crippen LogP contribution in [-0.2, 0) is 11.2 Å². The number of hydrogen-bond acceptors (Lipinski definition) is 4. The van der Waals surface area contributed by atoms with Crippen molar-refractivity contribution in [2.24, 2.45) is 5.92 Å². The fourth-order valence-corrected chi connectivity index (χ4v) is 3.42. The summed E-state index contributed by atoms with van der Waals surface area (Å²) in [6, 6.07) is 13.6. The van der Waals surface area contributed by atoms with Gasteiger partial charge in [0.25, 0.3) is 0 Å². The lowest BCUT2D eigenvalue weighted by molar-refractivity contribution is -0.115. The van der Waals surface area contributed by atoms with Crippen molar-refractivity contribution in [2.45, 2.75) is 26.2 Å². The van der Waals surface area contributed by atoms with Gasteiger partial charge in [0.1, 0.15) is 11.5 Å². The van der Waals surface area contributed by atoms with Crippen molar-refractivity contribution in [1.29, 1.82) is 0 Å². The number of ether oxygens (including phenoxy) is 2. The summed E-state index contributed by atoms with van der Waals surface area (Å²) in [5.74, 6) is 2.12. The first-order valence-electron chi connectivity index (χ1n) is 9.45. The van der Waals surface area contributed by atoms with Crippen LogP contribution in [0.1, 0.15) is 25.3 Å². The summed E-state index contributed by atoms with van der Waals surface area (Å²) in [6.45, 7) is 4.51. The van der Waals surface area contributed by atoms with Gasteiger partial charge in [-0.3, -0.25) is 4.79 Å². The molecular weight excluding hydrogens is 340 g/mol. The highest BCUT2D eigenvalue weighted by Gasteiger charge is 2.16. The van der Waals surface area contributed by atoms with E-state index in [1.807, 2.05) is 30.3 Å². The highest BCUT2D eigenvalue weighted by molar-refractivity contribution is 5.92. The number of carbonyl (C=O) groups is 1. The third kappa shape index (κ3) is 4.94. The molecule has 1 amide bonds. The van der Waals surface area contributed by atoms with Gasteiger partial charge in [0.05, 0.1) is 20.6 Å². The molecule has 1 N–H and O–H groups in total. The van der Waals surface area contributed by atoms with Crippen LogP contribution in [0.25, 0.3) is 0 Å². The van der Waals surface area contributed by atoms with Crippen molar-refractivity contribution in [3.05, 3.63) is 48.0 Å². The molecule has 0 bridgehead atoms. The minimum atomic E-state index is -0.0823. The Morgan fingerprint density at radius 3 is 2.41 bits per heavy atom. The predicted molar refractivity (Wildman–Crippen MR) is 109 cm³/mol. The molecule has 1 heterocycles. The topological polar surface area (TPSA) is 50.8 Å². The molecule has 1 saturated heterocycles.